The van der Waals surface area contributed by atoms with E-state index in [2.05, 4.69) is 9.55 Å². The number of hydrogen-bond donors (Lipinski definition) is 2. The third-order valence-corrected chi connectivity index (χ3v) is 3.23. The molecule has 3 rings (SSSR count). The Morgan fingerprint density at radius 2 is 2.29 bits per heavy atom. The Balaban J connectivity index is 2.07. The predicted molar refractivity (Wildman–Crippen MR) is 65.6 cm³/mol. The Hall–Kier alpha value is -1.81. The quantitative estimate of drug-likeness (QED) is 0.779. The van der Waals surface area contributed by atoms with Crippen LogP contribution in [0.5, 0.6) is 5.75 Å². The molecule has 4 nitrogen and oxygen atoms in total. The van der Waals surface area contributed by atoms with Gasteiger partial charge < -0.3 is 15.4 Å². The highest BCUT2D eigenvalue weighted by molar-refractivity contribution is 5.58. The van der Waals surface area contributed by atoms with E-state index in [0.717, 1.165) is 30.8 Å². The van der Waals surface area contributed by atoms with E-state index in [9.17, 15) is 5.11 Å². The summed E-state index contributed by atoms with van der Waals surface area (Å²) in [5.41, 5.74) is 8.15. The number of aromatic nitrogens is 2. The van der Waals surface area contributed by atoms with Gasteiger partial charge in [0.1, 0.15) is 11.6 Å². The average Bonchev–Trinajstić information content (AvgIpc) is 2.71. The first-order valence-corrected chi connectivity index (χ1v) is 5.83. The summed E-state index contributed by atoms with van der Waals surface area (Å²) in [6.45, 7) is 0.806. The summed E-state index contributed by atoms with van der Waals surface area (Å²) in [5.74, 6) is 1.16. The number of fused-ring (bicyclic) bond motifs is 1. The SMILES string of the molecule is NC1CCc2cnc(-c3cccc(O)c3)n2C1. The van der Waals surface area contributed by atoms with E-state index in [1.807, 2.05) is 18.3 Å². The van der Waals surface area contributed by atoms with E-state index in [1.54, 1.807) is 12.1 Å². The minimum atomic E-state index is 0.202. The van der Waals surface area contributed by atoms with Crippen LogP contribution in [-0.2, 0) is 13.0 Å². The number of phenols is 1. The van der Waals surface area contributed by atoms with Crippen molar-refractivity contribution in [2.45, 2.75) is 25.4 Å². The fraction of sp³-hybridized carbons (Fsp3) is 0.308. The maximum Gasteiger partial charge on any atom is 0.140 e. The summed E-state index contributed by atoms with van der Waals surface area (Å²) in [4.78, 5) is 4.44. The lowest BCUT2D eigenvalue weighted by molar-refractivity contribution is 0.463. The molecule has 0 saturated heterocycles. The smallest absolute Gasteiger partial charge is 0.140 e. The number of aromatic hydroxyl groups is 1. The first kappa shape index (κ1) is 10.4. The van der Waals surface area contributed by atoms with Gasteiger partial charge in [-0.15, -0.1) is 0 Å². The van der Waals surface area contributed by atoms with E-state index in [1.165, 1.54) is 5.69 Å². The van der Waals surface area contributed by atoms with Crippen LogP contribution in [0.2, 0.25) is 0 Å². The topological polar surface area (TPSA) is 64.1 Å². The van der Waals surface area contributed by atoms with Crippen LogP contribution < -0.4 is 5.73 Å². The minimum absolute atomic E-state index is 0.202. The average molecular weight is 229 g/mol. The van der Waals surface area contributed by atoms with Crippen LogP contribution in [0.15, 0.2) is 30.5 Å². The molecule has 88 valence electrons. The number of aryl methyl sites for hydroxylation is 1. The molecule has 1 unspecified atom stereocenters. The van der Waals surface area contributed by atoms with Gasteiger partial charge in [0, 0.05) is 30.0 Å². The van der Waals surface area contributed by atoms with Gasteiger partial charge in [-0.25, -0.2) is 4.98 Å². The molecule has 2 heterocycles. The van der Waals surface area contributed by atoms with Crippen molar-refractivity contribution in [3.8, 4) is 17.1 Å². The Morgan fingerprint density at radius 1 is 1.41 bits per heavy atom. The van der Waals surface area contributed by atoms with Crippen LogP contribution in [0.3, 0.4) is 0 Å². The van der Waals surface area contributed by atoms with Crippen molar-refractivity contribution in [1.29, 1.82) is 0 Å². The molecule has 1 aliphatic heterocycles. The molecule has 1 aromatic heterocycles. The van der Waals surface area contributed by atoms with Gasteiger partial charge in [0.15, 0.2) is 0 Å². The van der Waals surface area contributed by atoms with Gasteiger partial charge in [-0.3, -0.25) is 0 Å². The van der Waals surface area contributed by atoms with E-state index < -0.39 is 0 Å². The number of phenolic OH excluding ortho intramolecular Hbond substituents is 1. The number of benzene rings is 1. The Labute approximate surface area is 99.7 Å². The largest absolute Gasteiger partial charge is 0.508 e. The first-order valence-electron chi connectivity index (χ1n) is 5.83. The van der Waals surface area contributed by atoms with Crippen LogP contribution in [0.4, 0.5) is 0 Å². The van der Waals surface area contributed by atoms with Crippen LogP contribution in [0.1, 0.15) is 12.1 Å². The fourth-order valence-corrected chi connectivity index (χ4v) is 2.35. The summed E-state index contributed by atoms with van der Waals surface area (Å²) in [7, 11) is 0. The third kappa shape index (κ3) is 1.80. The highest BCUT2D eigenvalue weighted by Gasteiger charge is 2.19. The van der Waals surface area contributed by atoms with Crippen molar-refractivity contribution in [1.82, 2.24) is 9.55 Å². The second-order valence-corrected chi connectivity index (χ2v) is 4.53. The van der Waals surface area contributed by atoms with Crippen molar-refractivity contribution in [2.75, 3.05) is 0 Å². The second kappa shape index (κ2) is 3.89. The van der Waals surface area contributed by atoms with E-state index in [4.69, 9.17) is 5.73 Å². The molecule has 0 spiro atoms. The lowest BCUT2D eigenvalue weighted by Crippen LogP contribution is -2.31. The van der Waals surface area contributed by atoms with Crippen LogP contribution >= 0.6 is 0 Å². The summed E-state index contributed by atoms with van der Waals surface area (Å²) >= 11 is 0. The molecule has 3 N–H and O–H groups in total. The number of nitrogens with two attached hydrogens (primary N) is 1. The zero-order chi connectivity index (χ0) is 11.8. The van der Waals surface area contributed by atoms with Crippen molar-refractivity contribution >= 4 is 0 Å². The zero-order valence-electron chi connectivity index (χ0n) is 9.50. The van der Waals surface area contributed by atoms with E-state index in [-0.39, 0.29) is 11.8 Å². The first-order chi connectivity index (χ1) is 8.24. The molecule has 1 atom stereocenters. The molecule has 0 bridgehead atoms. The summed E-state index contributed by atoms with van der Waals surface area (Å²) < 4.78 is 2.16. The molecule has 4 heteroatoms. The lowest BCUT2D eigenvalue weighted by Gasteiger charge is -2.22. The molecule has 17 heavy (non-hydrogen) atoms. The summed E-state index contributed by atoms with van der Waals surface area (Å²) in [6, 6.07) is 7.38. The molecule has 1 aliphatic rings. The molecule has 0 amide bonds. The molecular weight excluding hydrogens is 214 g/mol. The van der Waals surface area contributed by atoms with Crippen LogP contribution in [0, 0.1) is 0 Å². The second-order valence-electron chi connectivity index (χ2n) is 4.53. The molecule has 2 aromatic rings. The molecule has 1 aromatic carbocycles. The van der Waals surface area contributed by atoms with Gasteiger partial charge in [-0.05, 0) is 25.0 Å². The van der Waals surface area contributed by atoms with E-state index >= 15 is 0 Å². The van der Waals surface area contributed by atoms with Gasteiger partial charge in [-0.2, -0.15) is 0 Å². The Kier molecular flexibility index (Phi) is 2.37. The molecule has 0 radical (unpaired) electrons. The third-order valence-electron chi connectivity index (χ3n) is 3.23. The summed E-state index contributed by atoms with van der Waals surface area (Å²) in [5, 5.41) is 9.51. The number of rotatable bonds is 1. The van der Waals surface area contributed by atoms with Crippen molar-refractivity contribution in [3.63, 3.8) is 0 Å². The lowest BCUT2D eigenvalue weighted by atomic mass is 10.1. The molecule has 0 fully saturated rings. The number of nitrogens with zero attached hydrogens (tertiary/aromatic N) is 2. The normalized spacial score (nSPS) is 19.0. The van der Waals surface area contributed by atoms with Gasteiger partial charge in [-0.1, -0.05) is 12.1 Å². The monoisotopic (exact) mass is 229 g/mol. The molecular formula is C13H15N3O. The van der Waals surface area contributed by atoms with E-state index in [0.29, 0.717) is 0 Å². The Morgan fingerprint density at radius 3 is 3.12 bits per heavy atom. The number of imidazole rings is 1. The highest BCUT2D eigenvalue weighted by atomic mass is 16.3. The van der Waals surface area contributed by atoms with Crippen molar-refractivity contribution in [2.24, 2.45) is 5.73 Å². The van der Waals surface area contributed by atoms with Crippen LogP contribution in [-0.4, -0.2) is 20.7 Å². The highest BCUT2D eigenvalue weighted by Crippen LogP contribution is 2.26. The van der Waals surface area contributed by atoms with Gasteiger partial charge in [0.2, 0.25) is 0 Å². The number of hydrogen-bond acceptors (Lipinski definition) is 3. The zero-order valence-corrected chi connectivity index (χ0v) is 9.50. The minimum Gasteiger partial charge on any atom is -0.508 e. The molecule has 0 saturated carbocycles. The van der Waals surface area contributed by atoms with Crippen molar-refractivity contribution in [3.05, 3.63) is 36.2 Å². The van der Waals surface area contributed by atoms with Gasteiger partial charge in [0.25, 0.3) is 0 Å². The van der Waals surface area contributed by atoms with Crippen LogP contribution in [0.25, 0.3) is 11.4 Å². The Bertz CT molecular complexity index is 547. The van der Waals surface area contributed by atoms with Crippen molar-refractivity contribution < 1.29 is 5.11 Å². The maximum absolute atomic E-state index is 9.51. The molecule has 0 aliphatic carbocycles. The van der Waals surface area contributed by atoms with Gasteiger partial charge in [0.05, 0.1) is 0 Å². The predicted octanol–water partition coefficient (Wildman–Crippen LogP) is 1.53. The fourth-order valence-electron chi connectivity index (χ4n) is 2.35. The standard InChI is InChI=1S/C13H15N3O/c14-10-4-5-11-7-15-13(16(11)8-10)9-2-1-3-12(17)6-9/h1-3,6-7,10,17H,4-5,8,14H2. The van der Waals surface area contributed by atoms with Gasteiger partial charge >= 0.3 is 0 Å². The summed E-state index contributed by atoms with van der Waals surface area (Å²) in [6.07, 6.45) is 3.91. The maximum atomic E-state index is 9.51.